The van der Waals surface area contributed by atoms with Gasteiger partial charge in [-0.1, -0.05) is 30.7 Å². The van der Waals surface area contributed by atoms with Crippen LogP contribution in [-0.4, -0.2) is 86.4 Å². The van der Waals surface area contributed by atoms with Gasteiger partial charge in [0.2, 0.25) is 11.7 Å². The third-order valence-corrected chi connectivity index (χ3v) is 10.0. The number of hydrogen-bond acceptors (Lipinski definition) is 9. The van der Waals surface area contributed by atoms with Gasteiger partial charge in [0, 0.05) is 49.0 Å². The predicted molar refractivity (Wildman–Crippen MR) is 175 cm³/mol. The number of carboxylic acids is 1. The van der Waals surface area contributed by atoms with Gasteiger partial charge in [0.25, 0.3) is 6.01 Å². The zero-order valence-electron chi connectivity index (χ0n) is 26.5. The first-order valence-corrected chi connectivity index (χ1v) is 16.7. The molecule has 7 heterocycles. The summed E-state index contributed by atoms with van der Waals surface area (Å²) in [4.78, 5) is 42.4. The Kier molecular flexibility index (Phi) is 7.82. The van der Waals surface area contributed by atoms with Gasteiger partial charge < -0.3 is 28.8 Å². The molecule has 12 nitrogen and oxygen atoms in total. The lowest BCUT2D eigenvalue weighted by atomic mass is 9.93. The predicted octanol–water partition coefficient (Wildman–Crippen LogP) is 5.80. The Bertz CT molecular complexity index is 2100. The minimum absolute atomic E-state index is 0.00539. The van der Waals surface area contributed by atoms with Gasteiger partial charge in [0.05, 0.1) is 17.6 Å². The highest BCUT2D eigenvalue weighted by Gasteiger charge is 2.44. The summed E-state index contributed by atoms with van der Waals surface area (Å²) in [7, 11) is 0. The van der Waals surface area contributed by atoms with Crippen molar-refractivity contribution in [2.45, 2.75) is 56.7 Å². The summed E-state index contributed by atoms with van der Waals surface area (Å²) in [5.74, 6) is -5.67. The standard InChI is InChI=1S/C34H33ClF2N6O6/c1-18-15-41-11-9-23(18)43-24-8-7-19(35)13-22(24)38-33(43)48-20-14-25(31(45)46)42(16-20)30-29-28(21-5-2-3-6-26(21)49-29)39-32(40-30)34(36,37)10-4-12-47-17-27(41)44/h2-3,5-8,13,18,20,23,25H,4,9-12,14-17H2,1H3,(H,45,46)/t18-,20-,23-,25-/m0/s1. The molecular weight excluding hydrogens is 662 g/mol. The molecule has 1 N–H and O–H groups in total. The van der Waals surface area contributed by atoms with E-state index in [-0.39, 0.29) is 73.4 Å². The van der Waals surface area contributed by atoms with Crippen LogP contribution in [0, 0.1) is 5.92 Å². The van der Waals surface area contributed by atoms with Crippen LogP contribution in [-0.2, 0) is 20.2 Å². The van der Waals surface area contributed by atoms with Crippen molar-refractivity contribution in [2.24, 2.45) is 5.92 Å². The zero-order chi connectivity index (χ0) is 34.0. The quantitative estimate of drug-likeness (QED) is 0.229. The van der Waals surface area contributed by atoms with Gasteiger partial charge >= 0.3 is 11.9 Å². The van der Waals surface area contributed by atoms with Crippen molar-refractivity contribution in [2.75, 3.05) is 37.7 Å². The Labute approximate surface area is 283 Å². The molecule has 0 saturated carbocycles. The average Bonchev–Trinajstić information content (AvgIpc) is 3.77. The van der Waals surface area contributed by atoms with E-state index in [1.165, 1.54) is 4.90 Å². The van der Waals surface area contributed by atoms with Crippen LogP contribution in [0.15, 0.2) is 46.9 Å². The van der Waals surface area contributed by atoms with Crippen LogP contribution in [0.4, 0.5) is 14.6 Å². The van der Waals surface area contributed by atoms with E-state index >= 15 is 8.78 Å². The number of rotatable bonds is 1. The van der Waals surface area contributed by atoms with Gasteiger partial charge in [-0.3, -0.25) is 9.36 Å². The van der Waals surface area contributed by atoms with Gasteiger partial charge in [0.1, 0.15) is 29.9 Å². The third-order valence-electron chi connectivity index (χ3n) is 9.79. The molecule has 49 heavy (non-hydrogen) atoms. The number of piperidine rings is 1. The lowest BCUT2D eigenvalue weighted by Gasteiger charge is -2.38. The average molecular weight is 695 g/mol. The first kappa shape index (κ1) is 31.7. The molecule has 2 fully saturated rings. The van der Waals surface area contributed by atoms with Gasteiger partial charge in [-0.15, -0.1) is 0 Å². The van der Waals surface area contributed by atoms with E-state index in [1.807, 2.05) is 17.6 Å². The zero-order valence-corrected chi connectivity index (χ0v) is 27.3. The maximum absolute atomic E-state index is 15.9. The van der Waals surface area contributed by atoms with Crippen LogP contribution in [0.2, 0.25) is 5.02 Å². The Balaban J connectivity index is 1.26. The number of benzene rings is 2. The van der Waals surface area contributed by atoms with Crippen LogP contribution in [0.5, 0.6) is 6.01 Å². The highest BCUT2D eigenvalue weighted by atomic mass is 35.5. The molecule has 0 unspecified atom stereocenters. The second kappa shape index (κ2) is 12.1. The summed E-state index contributed by atoms with van der Waals surface area (Å²) < 4.78 is 52.0. The number of anilines is 1. The fraction of sp³-hybridized carbons (Fsp3) is 0.441. The molecule has 0 spiro atoms. The van der Waals surface area contributed by atoms with Gasteiger partial charge in [-0.2, -0.15) is 13.8 Å². The van der Waals surface area contributed by atoms with E-state index in [1.54, 1.807) is 41.3 Å². The highest BCUT2D eigenvalue weighted by molar-refractivity contribution is 6.31. The number of furan rings is 1. The Morgan fingerprint density at radius 1 is 1.12 bits per heavy atom. The van der Waals surface area contributed by atoms with Crippen LogP contribution >= 0.6 is 11.6 Å². The summed E-state index contributed by atoms with van der Waals surface area (Å²) in [6, 6.07) is 11.3. The number of aromatic nitrogens is 4. The molecule has 4 aliphatic heterocycles. The minimum Gasteiger partial charge on any atom is -0.480 e. The number of halogens is 3. The van der Waals surface area contributed by atoms with E-state index in [4.69, 9.17) is 30.5 Å². The molecular formula is C34H33ClF2N6O6. The topological polar surface area (TPSA) is 136 Å². The summed E-state index contributed by atoms with van der Waals surface area (Å²) in [6.45, 7) is 2.69. The second-order valence-electron chi connectivity index (χ2n) is 13.1. The monoisotopic (exact) mass is 694 g/mol. The van der Waals surface area contributed by atoms with Crippen molar-refractivity contribution in [1.82, 2.24) is 24.4 Å². The Hall–Kier alpha value is -4.56. The lowest BCUT2D eigenvalue weighted by Crippen LogP contribution is -2.45. The molecule has 256 valence electrons. The number of imidazole rings is 1. The van der Waals surface area contributed by atoms with Crippen LogP contribution in [0.3, 0.4) is 0 Å². The number of carbonyl (C=O) groups is 2. The fourth-order valence-corrected chi connectivity index (χ4v) is 7.56. The van der Waals surface area contributed by atoms with Crippen molar-refractivity contribution in [3.05, 3.63) is 53.3 Å². The van der Waals surface area contributed by atoms with Crippen LogP contribution in [0.1, 0.15) is 44.5 Å². The molecule has 2 saturated heterocycles. The number of alkyl halides is 2. The molecule has 6 bridgehead atoms. The summed E-state index contributed by atoms with van der Waals surface area (Å²) in [6.07, 6.45) is -0.772. The fourth-order valence-electron chi connectivity index (χ4n) is 7.39. The van der Waals surface area contributed by atoms with Crippen molar-refractivity contribution in [3.8, 4) is 6.01 Å². The van der Waals surface area contributed by atoms with Crippen molar-refractivity contribution in [3.63, 3.8) is 0 Å². The maximum atomic E-state index is 15.9. The van der Waals surface area contributed by atoms with E-state index in [0.29, 0.717) is 41.0 Å². The molecule has 0 aliphatic carbocycles. The third kappa shape index (κ3) is 5.60. The summed E-state index contributed by atoms with van der Waals surface area (Å²) in [5.41, 5.74) is 2.07. The molecule has 15 heteroatoms. The number of amides is 1. The SMILES string of the molecule is C[C@H]1CN2CC[C@@H]1n1c(nc3cc(Cl)ccc31)O[C@H]1C[C@@H](C(=O)O)N(C1)c1nc(nc3c1oc1ccccc13)C(F)(F)CCCOCC2=O. The van der Waals surface area contributed by atoms with E-state index in [9.17, 15) is 14.7 Å². The van der Waals surface area contributed by atoms with E-state index in [2.05, 4.69) is 9.97 Å². The molecule has 3 aromatic heterocycles. The number of ether oxygens (including phenoxy) is 2. The second-order valence-corrected chi connectivity index (χ2v) is 13.5. The molecule has 0 radical (unpaired) electrons. The highest BCUT2D eigenvalue weighted by Crippen LogP contribution is 2.41. The summed E-state index contributed by atoms with van der Waals surface area (Å²) in [5, 5.41) is 11.4. The number of hydrogen-bond donors (Lipinski definition) is 1. The lowest BCUT2D eigenvalue weighted by molar-refractivity contribution is -0.139. The summed E-state index contributed by atoms with van der Waals surface area (Å²) >= 11 is 6.34. The smallest absolute Gasteiger partial charge is 0.326 e. The van der Waals surface area contributed by atoms with Gasteiger partial charge in [-0.25, -0.2) is 14.8 Å². The van der Waals surface area contributed by atoms with Gasteiger partial charge in [0.15, 0.2) is 11.4 Å². The normalized spacial score (nSPS) is 24.8. The first-order chi connectivity index (χ1) is 23.6. The first-order valence-electron chi connectivity index (χ1n) is 16.3. The molecule has 2 aromatic carbocycles. The molecule has 4 atom stereocenters. The number of carboxylic acid groups (broad SMARTS) is 1. The molecule has 4 aliphatic rings. The van der Waals surface area contributed by atoms with E-state index < -0.39 is 36.3 Å². The minimum atomic E-state index is -3.49. The number of aliphatic carboxylic acids is 1. The molecule has 5 aromatic rings. The number of fused-ring (bicyclic) bond motifs is 12. The van der Waals surface area contributed by atoms with Crippen molar-refractivity contribution < 1.29 is 37.4 Å². The number of carbonyl (C=O) groups excluding carboxylic acids is 1. The maximum Gasteiger partial charge on any atom is 0.326 e. The largest absolute Gasteiger partial charge is 0.480 e. The van der Waals surface area contributed by atoms with Crippen molar-refractivity contribution in [1.29, 1.82) is 0 Å². The number of para-hydroxylation sites is 1. The Morgan fingerprint density at radius 3 is 2.78 bits per heavy atom. The molecule has 1 amide bonds. The van der Waals surface area contributed by atoms with Crippen LogP contribution in [0.25, 0.3) is 33.1 Å². The van der Waals surface area contributed by atoms with Crippen LogP contribution < -0.4 is 9.64 Å². The Morgan fingerprint density at radius 2 is 1.96 bits per heavy atom. The number of nitrogens with zero attached hydrogens (tertiary/aromatic N) is 6. The molecule has 9 rings (SSSR count). The van der Waals surface area contributed by atoms with E-state index in [0.717, 1.165) is 5.52 Å². The van der Waals surface area contributed by atoms with Gasteiger partial charge in [-0.05, 0) is 49.1 Å². The van der Waals surface area contributed by atoms with Crippen molar-refractivity contribution >= 4 is 62.4 Å².